The van der Waals surface area contributed by atoms with Crippen molar-refractivity contribution in [3.63, 3.8) is 0 Å². The summed E-state index contributed by atoms with van der Waals surface area (Å²) in [6, 6.07) is 28.2. The molecular formula is C40H44N6. The van der Waals surface area contributed by atoms with E-state index < -0.39 is 5.41 Å². The highest BCUT2D eigenvalue weighted by molar-refractivity contribution is 6.10. The van der Waals surface area contributed by atoms with Crippen LogP contribution in [0.2, 0.25) is 0 Å². The molecule has 2 aliphatic rings. The maximum Gasteiger partial charge on any atom is 0.153 e. The SMILES string of the molecule is CC(C)(C)c1ccn(-c2cccc(C3(C4=NC(n5ccc(C(C)(C)C)n5)CC=C4)c4ccccc4C(C)(C)c4ccccc43)n2)n1. The highest BCUT2D eigenvalue weighted by atomic mass is 15.3. The van der Waals surface area contributed by atoms with E-state index in [1.165, 1.54) is 22.3 Å². The van der Waals surface area contributed by atoms with Crippen LogP contribution in [0.1, 0.15) is 107 Å². The summed E-state index contributed by atoms with van der Waals surface area (Å²) in [6.45, 7) is 17.8. The summed E-state index contributed by atoms with van der Waals surface area (Å²) < 4.78 is 3.94. The highest BCUT2D eigenvalue weighted by Gasteiger charge is 2.51. The average molecular weight is 609 g/mol. The van der Waals surface area contributed by atoms with Crippen LogP contribution in [0.25, 0.3) is 5.82 Å². The zero-order valence-corrected chi connectivity index (χ0v) is 28.3. The van der Waals surface area contributed by atoms with E-state index in [0.29, 0.717) is 0 Å². The minimum absolute atomic E-state index is 0.0416. The first-order chi connectivity index (χ1) is 21.8. The first-order valence-corrected chi connectivity index (χ1v) is 16.4. The Morgan fingerprint density at radius 3 is 1.85 bits per heavy atom. The number of rotatable bonds is 4. The summed E-state index contributed by atoms with van der Waals surface area (Å²) in [5.41, 5.74) is 7.89. The number of hydrogen-bond donors (Lipinski definition) is 0. The fourth-order valence-electron chi connectivity index (χ4n) is 7.15. The molecule has 0 fully saturated rings. The number of aromatic nitrogens is 5. The van der Waals surface area contributed by atoms with Crippen LogP contribution in [-0.4, -0.2) is 30.3 Å². The Morgan fingerprint density at radius 1 is 0.674 bits per heavy atom. The summed E-state index contributed by atoms with van der Waals surface area (Å²) in [6.07, 6.45) is 9.18. The van der Waals surface area contributed by atoms with Crippen LogP contribution in [-0.2, 0) is 21.7 Å². The molecule has 46 heavy (non-hydrogen) atoms. The van der Waals surface area contributed by atoms with Crippen molar-refractivity contribution in [3.05, 3.63) is 143 Å². The lowest BCUT2D eigenvalue weighted by molar-refractivity contribution is 0.451. The molecule has 4 heterocycles. The molecule has 0 amide bonds. The number of dihydropyridines is 1. The fraction of sp³-hybridized carbons (Fsp3) is 0.350. The Labute approximate surface area is 272 Å². The van der Waals surface area contributed by atoms with Gasteiger partial charge in [-0.25, -0.2) is 14.3 Å². The molecule has 0 radical (unpaired) electrons. The number of benzene rings is 2. The molecule has 7 rings (SSSR count). The predicted octanol–water partition coefficient (Wildman–Crippen LogP) is 8.63. The quantitative estimate of drug-likeness (QED) is 0.205. The number of hydrogen-bond acceptors (Lipinski definition) is 4. The van der Waals surface area contributed by atoms with Gasteiger partial charge in [-0.3, -0.25) is 4.99 Å². The van der Waals surface area contributed by atoms with Gasteiger partial charge in [0.05, 0.1) is 22.8 Å². The zero-order valence-electron chi connectivity index (χ0n) is 28.3. The van der Waals surface area contributed by atoms with E-state index in [1.807, 2.05) is 21.6 Å². The lowest BCUT2D eigenvalue weighted by Crippen LogP contribution is -2.47. The summed E-state index contributed by atoms with van der Waals surface area (Å²) in [4.78, 5) is 11.0. The zero-order chi connectivity index (χ0) is 32.5. The van der Waals surface area contributed by atoms with Crippen LogP contribution in [0.4, 0.5) is 0 Å². The van der Waals surface area contributed by atoms with Crippen LogP contribution in [0, 0.1) is 0 Å². The number of pyridine rings is 1. The van der Waals surface area contributed by atoms with Crippen molar-refractivity contribution in [2.75, 3.05) is 0 Å². The molecule has 6 nitrogen and oxygen atoms in total. The Bertz CT molecular complexity index is 1940. The van der Waals surface area contributed by atoms with Gasteiger partial charge in [-0.15, -0.1) is 0 Å². The summed E-state index contributed by atoms with van der Waals surface area (Å²) in [5.74, 6) is 0.783. The standard InChI is InChI=1S/C40H44N6/c1-37(2,3)31-23-25-45(43-31)35-21-13-19-33(41-35)40(34-20-14-22-36(42-34)46-26-24-32(44-46)38(4,5)6)29-17-11-9-15-27(29)39(7,8)28-16-10-12-18-30(28)40/h9-21,23-26,36H,22H2,1-8H3. The average Bonchev–Trinajstić information content (AvgIpc) is 3.74. The Kier molecular flexibility index (Phi) is 6.86. The molecule has 6 heteroatoms. The molecule has 1 unspecified atom stereocenters. The van der Waals surface area contributed by atoms with E-state index in [2.05, 4.69) is 147 Å². The maximum atomic E-state index is 5.57. The second-order valence-electron chi connectivity index (χ2n) is 15.3. The largest absolute Gasteiger partial charge is 0.261 e. The minimum Gasteiger partial charge on any atom is -0.261 e. The predicted molar refractivity (Wildman–Crippen MR) is 186 cm³/mol. The van der Waals surface area contributed by atoms with Crippen LogP contribution in [0.3, 0.4) is 0 Å². The number of aliphatic imine (C=N–C) groups is 1. The van der Waals surface area contributed by atoms with Gasteiger partial charge in [-0.2, -0.15) is 10.2 Å². The second kappa shape index (κ2) is 10.5. The summed E-state index contributed by atoms with van der Waals surface area (Å²) in [5, 5.41) is 9.97. The van der Waals surface area contributed by atoms with Crippen molar-refractivity contribution < 1.29 is 0 Å². The topological polar surface area (TPSA) is 60.9 Å². The first-order valence-electron chi connectivity index (χ1n) is 16.4. The van der Waals surface area contributed by atoms with Crippen LogP contribution in [0.5, 0.6) is 0 Å². The van der Waals surface area contributed by atoms with E-state index in [0.717, 1.165) is 35.0 Å². The lowest BCUT2D eigenvalue weighted by Gasteiger charge is -2.47. The first kappa shape index (κ1) is 30.1. The number of nitrogens with zero attached hydrogens (tertiary/aromatic N) is 6. The number of fused-ring (bicyclic) bond motifs is 2. The molecule has 0 N–H and O–H groups in total. The Morgan fingerprint density at radius 2 is 1.26 bits per heavy atom. The Balaban J connectivity index is 1.50. The molecule has 3 aromatic heterocycles. The van der Waals surface area contributed by atoms with Crippen molar-refractivity contribution in [1.29, 1.82) is 0 Å². The molecule has 1 atom stereocenters. The molecule has 0 saturated heterocycles. The van der Waals surface area contributed by atoms with Crippen molar-refractivity contribution in [2.45, 2.75) is 89.6 Å². The van der Waals surface area contributed by atoms with Gasteiger partial charge < -0.3 is 0 Å². The van der Waals surface area contributed by atoms with Crippen molar-refractivity contribution in [2.24, 2.45) is 4.99 Å². The van der Waals surface area contributed by atoms with Gasteiger partial charge in [0.25, 0.3) is 0 Å². The second-order valence-corrected chi connectivity index (χ2v) is 15.3. The molecule has 5 aromatic rings. The van der Waals surface area contributed by atoms with Gasteiger partial charge in [0.1, 0.15) is 11.6 Å². The Hall–Kier alpha value is -4.58. The maximum absolute atomic E-state index is 5.57. The molecule has 234 valence electrons. The summed E-state index contributed by atoms with van der Waals surface area (Å²) in [7, 11) is 0. The van der Waals surface area contributed by atoms with Crippen LogP contribution < -0.4 is 0 Å². The minimum atomic E-state index is -0.756. The van der Waals surface area contributed by atoms with Crippen molar-refractivity contribution in [1.82, 2.24) is 24.5 Å². The monoisotopic (exact) mass is 608 g/mol. The molecule has 0 spiro atoms. The normalized spacial score (nSPS) is 18.5. The van der Waals surface area contributed by atoms with Crippen molar-refractivity contribution in [3.8, 4) is 5.82 Å². The third kappa shape index (κ3) is 4.69. The molecular weight excluding hydrogens is 564 g/mol. The highest BCUT2D eigenvalue weighted by Crippen LogP contribution is 2.54. The van der Waals surface area contributed by atoms with E-state index in [4.69, 9.17) is 20.2 Å². The smallest absolute Gasteiger partial charge is 0.153 e. The van der Waals surface area contributed by atoms with Gasteiger partial charge in [0.2, 0.25) is 0 Å². The molecule has 2 aromatic carbocycles. The van der Waals surface area contributed by atoms with Gasteiger partial charge in [-0.05, 0) is 52.6 Å². The summed E-state index contributed by atoms with van der Waals surface area (Å²) >= 11 is 0. The van der Waals surface area contributed by atoms with E-state index in [1.54, 1.807) is 0 Å². The molecule has 1 aliphatic carbocycles. The van der Waals surface area contributed by atoms with Gasteiger partial charge in [0.15, 0.2) is 5.82 Å². The molecule has 1 aliphatic heterocycles. The number of allylic oxidation sites excluding steroid dienone is 1. The van der Waals surface area contributed by atoms with Crippen LogP contribution >= 0.6 is 0 Å². The van der Waals surface area contributed by atoms with E-state index in [-0.39, 0.29) is 22.4 Å². The lowest BCUT2D eigenvalue weighted by atomic mass is 9.55. The van der Waals surface area contributed by atoms with E-state index in [9.17, 15) is 0 Å². The van der Waals surface area contributed by atoms with Crippen molar-refractivity contribution >= 4 is 5.71 Å². The van der Waals surface area contributed by atoms with E-state index >= 15 is 0 Å². The van der Waals surface area contributed by atoms with Gasteiger partial charge >= 0.3 is 0 Å². The van der Waals surface area contributed by atoms with Gasteiger partial charge in [0, 0.05) is 35.1 Å². The molecule has 0 bridgehead atoms. The fourth-order valence-corrected chi connectivity index (χ4v) is 7.15. The van der Waals surface area contributed by atoms with Gasteiger partial charge in [-0.1, -0.05) is 116 Å². The van der Waals surface area contributed by atoms with Crippen LogP contribution in [0.15, 0.2) is 108 Å². The molecule has 0 saturated carbocycles. The third-order valence-corrected chi connectivity index (χ3v) is 9.70. The third-order valence-electron chi connectivity index (χ3n) is 9.70.